The molecule has 0 bridgehead atoms. The van der Waals surface area contributed by atoms with Crippen LogP contribution in [0.25, 0.3) is 5.52 Å². The number of rotatable bonds is 1. The predicted molar refractivity (Wildman–Crippen MR) is 69.6 cm³/mol. The van der Waals surface area contributed by atoms with Crippen LogP contribution in [0.15, 0.2) is 35.7 Å². The average Bonchev–Trinajstić information content (AvgIpc) is 2.90. The highest BCUT2D eigenvalue weighted by molar-refractivity contribution is 6.01. The number of amides is 1. The van der Waals surface area contributed by atoms with Crippen molar-refractivity contribution in [1.29, 1.82) is 0 Å². The Hall–Kier alpha value is -2.37. The van der Waals surface area contributed by atoms with Gasteiger partial charge in [-0.1, -0.05) is 11.2 Å². The van der Waals surface area contributed by atoms with Crippen molar-refractivity contribution in [2.75, 3.05) is 13.1 Å². The smallest absolute Gasteiger partial charge is 0.257 e. The zero-order valence-electron chi connectivity index (χ0n) is 10.4. The number of hydrogen-bond acceptors (Lipinski definition) is 4. The lowest BCUT2D eigenvalue weighted by atomic mass is 10.1. The zero-order valence-corrected chi connectivity index (χ0v) is 10.4. The molecule has 0 spiro atoms. The van der Waals surface area contributed by atoms with Gasteiger partial charge in [-0.3, -0.25) is 4.79 Å². The first-order chi connectivity index (χ1) is 9.29. The Bertz CT molecular complexity index is 637. The summed E-state index contributed by atoms with van der Waals surface area (Å²) in [6, 6.07) is 5.64. The first-order valence-electron chi connectivity index (χ1n) is 6.21. The second-order valence-electron chi connectivity index (χ2n) is 4.55. The third-order valence-corrected chi connectivity index (χ3v) is 3.43. The summed E-state index contributed by atoms with van der Waals surface area (Å²) in [5, 5.41) is 16.1. The molecule has 98 valence electrons. The van der Waals surface area contributed by atoms with E-state index in [4.69, 9.17) is 5.21 Å². The maximum atomic E-state index is 12.4. The van der Waals surface area contributed by atoms with E-state index in [-0.39, 0.29) is 5.91 Å². The Morgan fingerprint density at radius 1 is 1.32 bits per heavy atom. The van der Waals surface area contributed by atoms with Gasteiger partial charge in [-0.2, -0.15) is 5.10 Å². The molecule has 0 saturated carbocycles. The molecule has 0 atom stereocenters. The number of aromatic nitrogens is 2. The van der Waals surface area contributed by atoms with Crippen LogP contribution in [0.4, 0.5) is 0 Å². The molecule has 1 amide bonds. The number of piperidine rings is 1. The summed E-state index contributed by atoms with van der Waals surface area (Å²) in [6.45, 7) is 1.17. The van der Waals surface area contributed by atoms with Crippen molar-refractivity contribution in [3.63, 3.8) is 0 Å². The molecule has 6 heteroatoms. The maximum absolute atomic E-state index is 12.4. The highest BCUT2D eigenvalue weighted by Crippen LogP contribution is 2.16. The number of hydrogen-bond donors (Lipinski definition) is 1. The number of fused-ring (bicyclic) bond motifs is 1. The third kappa shape index (κ3) is 2.05. The van der Waals surface area contributed by atoms with Crippen LogP contribution in [0.3, 0.4) is 0 Å². The number of oxime groups is 1. The van der Waals surface area contributed by atoms with Gasteiger partial charge in [-0.25, -0.2) is 4.52 Å². The van der Waals surface area contributed by atoms with Gasteiger partial charge in [-0.05, 0) is 12.1 Å². The van der Waals surface area contributed by atoms with Gasteiger partial charge in [-0.15, -0.1) is 0 Å². The molecule has 1 N–H and O–H groups in total. The molecular formula is C13H14N4O2. The molecule has 1 aliphatic rings. The minimum absolute atomic E-state index is 0.0156. The van der Waals surface area contributed by atoms with E-state index in [1.165, 1.54) is 0 Å². The zero-order chi connectivity index (χ0) is 13.2. The molecule has 0 aromatic carbocycles. The SMILES string of the molecule is O=C(c1cnn2ccccc12)N1CCC(=NO)CC1. The Labute approximate surface area is 109 Å². The quantitative estimate of drug-likeness (QED) is 0.621. The van der Waals surface area contributed by atoms with Crippen LogP contribution in [-0.2, 0) is 0 Å². The van der Waals surface area contributed by atoms with Crippen molar-refractivity contribution in [2.24, 2.45) is 5.16 Å². The first kappa shape index (κ1) is 11.7. The molecule has 0 unspecified atom stereocenters. The summed E-state index contributed by atoms with van der Waals surface area (Å²) in [5.74, 6) is -0.0156. The maximum Gasteiger partial charge on any atom is 0.257 e. The van der Waals surface area contributed by atoms with Crippen LogP contribution >= 0.6 is 0 Å². The van der Waals surface area contributed by atoms with E-state index in [1.54, 1.807) is 15.6 Å². The Morgan fingerprint density at radius 2 is 2.11 bits per heavy atom. The van der Waals surface area contributed by atoms with E-state index in [1.807, 2.05) is 24.4 Å². The lowest BCUT2D eigenvalue weighted by Gasteiger charge is -2.26. The van der Waals surface area contributed by atoms with Gasteiger partial charge in [0.05, 0.1) is 23.0 Å². The summed E-state index contributed by atoms with van der Waals surface area (Å²) in [5.41, 5.74) is 2.18. The van der Waals surface area contributed by atoms with E-state index >= 15 is 0 Å². The molecule has 6 nitrogen and oxygen atoms in total. The van der Waals surface area contributed by atoms with Gasteiger partial charge >= 0.3 is 0 Å². The average molecular weight is 258 g/mol. The molecule has 3 heterocycles. The van der Waals surface area contributed by atoms with E-state index in [2.05, 4.69) is 10.3 Å². The molecule has 3 rings (SSSR count). The molecule has 1 aliphatic heterocycles. The van der Waals surface area contributed by atoms with Gasteiger partial charge in [0.15, 0.2) is 0 Å². The molecule has 19 heavy (non-hydrogen) atoms. The highest BCUT2D eigenvalue weighted by atomic mass is 16.4. The lowest BCUT2D eigenvalue weighted by Crippen LogP contribution is -2.38. The first-order valence-corrected chi connectivity index (χ1v) is 6.21. The fraction of sp³-hybridized carbons (Fsp3) is 0.308. The number of pyridine rings is 1. The predicted octanol–water partition coefficient (Wildman–Crippen LogP) is 1.40. The Morgan fingerprint density at radius 3 is 2.84 bits per heavy atom. The van der Waals surface area contributed by atoms with Crippen molar-refractivity contribution < 1.29 is 10.0 Å². The number of carbonyl (C=O) groups excluding carboxylic acids is 1. The molecule has 2 aromatic rings. The van der Waals surface area contributed by atoms with Crippen LogP contribution < -0.4 is 0 Å². The summed E-state index contributed by atoms with van der Waals surface area (Å²) >= 11 is 0. The largest absolute Gasteiger partial charge is 0.411 e. The van der Waals surface area contributed by atoms with Gasteiger partial charge < -0.3 is 10.1 Å². The molecular weight excluding hydrogens is 244 g/mol. The summed E-state index contributed by atoms with van der Waals surface area (Å²) in [6.07, 6.45) is 4.68. The van der Waals surface area contributed by atoms with Gasteiger partial charge in [0, 0.05) is 32.1 Å². The van der Waals surface area contributed by atoms with Crippen LogP contribution in [0.2, 0.25) is 0 Å². The van der Waals surface area contributed by atoms with E-state index < -0.39 is 0 Å². The Kier molecular flexibility index (Phi) is 2.91. The lowest BCUT2D eigenvalue weighted by molar-refractivity contribution is 0.0755. The van der Waals surface area contributed by atoms with Gasteiger partial charge in [0.2, 0.25) is 0 Å². The van der Waals surface area contributed by atoms with Gasteiger partial charge in [0.1, 0.15) is 0 Å². The number of likely N-dealkylation sites (tertiary alicyclic amines) is 1. The van der Waals surface area contributed by atoms with Crippen LogP contribution in [0, 0.1) is 0 Å². The molecule has 0 radical (unpaired) electrons. The second kappa shape index (κ2) is 4.72. The molecule has 0 aliphatic carbocycles. The van der Waals surface area contributed by atoms with Crippen LogP contribution in [-0.4, -0.2) is 44.4 Å². The van der Waals surface area contributed by atoms with Crippen LogP contribution in [0.5, 0.6) is 0 Å². The minimum atomic E-state index is -0.0156. The fourth-order valence-corrected chi connectivity index (χ4v) is 2.34. The summed E-state index contributed by atoms with van der Waals surface area (Å²) in [7, 11) is 0. The standard InChI is InChI=1S/C13H14N4O2/c18-13(16-7-4-10(15-19)5-8-16)11-9-14-17-6-2-1-3-12(11)17/h1-3,6,9,19H,4-5,7-8H2. The minimum Gasteiger partial charge on any atom is -0.411 e. The number of carbonyl (C=O) groups is 1. The highest BCUT2D eigenvalue weighted by Gasteiger charge is 2.23. The van der Waals surface area contributed by atoms with Crippen molar-refractivity contribution in [3.05, 3.63) is 36.2 Å². The van der Waals surface area contributed by atoms with Gasteiger partial charge in [0.25, 0.3) is 5.91 Å². The Balaban J connectivity index is 1.85. The van der Waals surface area contributed by atoms with Crippen molar-refractivity contribution in [1.82, 2.24) is 14.5 Å². The molecule has 2 aromatic heterocycles. The molecule has 1 fully saturated rings. The van der Waals surface area contributed by atoms with E-state index in [9.17, 15) is 4.79 Å². The van der Waals surface area contributed by atoms with E-state index in [0.717, 1.165) is 11.2 Å². The summed E-state index contributed by atoms with van der Waals surface area (Å²) in [4.78, 5) is 14.2. The van der Waals surface area contributed by atoms with Crippen molar-refractivity contribution in [3.8, 4) is 0 Å². The summed E-state index contributed by atoms with van der Waals surface area (Å²) < 4.78 is 1.69. The van der Waals surface area contributed by atoms with Crippen molar-refractivity contribution >= 4 is 17.1 Å². The van der Waals surface area contributed by atoms with Crippen LogP contribution in [0.1, 0.15) is 23.2 Å². The monoisotopic (exact) mass is 258 g/mol. The normalized spacial score (nSPS) is 15.8. The van der Waals surface area contributed by atoms with Crippen molar-refractivity contribution in [2.45, 2.75) is 12.8 Å². The van der Waals surface area contributed by atoms with E-state index in [0.29, 0.717) is 31.5 Å². The second-order valence-corrected chi connectivity index (χ2v) is 4.55. The third-order valence-electron chi connectivity index (χ3n) is 3.43. The topological polar surface area (TPSA) is 70.2 Å². The fourth-order valence-electron chi connectivity index (χ4n) is 2.34. The number of nitrogens with zero attached hydrogens (tertiary/aromatic N) is 4. The molecule has 1 saturated heterocycles.